The Balaban J connectivity index is 1.32. The molecular formula is C20H27N5O. The third kappa shape index (κ3) is 3.59. The monoisotopic (exact) mass is 353 g/mol. The molecule has 1 aliphatic heterocycles. The zero-order chi connectivity index (χ0) is 17.9. The maximum Gasteiger partial charge on any atom is 0.321 e. The van der Waals surface area contributed by atoms with E-state index >= 15 is 0 Å². The van der Waals surface area contributed by atoms with E-state index in [0.29, 0.717) is 12.0 Å². The van der Waals surface area contributed by atoms with Gasteiger partial charge < -0.3 is 10.2 Å². The predicted octanol–water partition coefficient (Wildman–Crippen LogP) is 4.11. The Labute approximate surface area is 154 Å². The van der Waals surface area contributed by atoms with Crippen molar-refractivity contribution in [1.82, 2.24) is 19.9 Å². The average molecular weight is 353 g/mol. The Kier molecular flexibility index (Phi) is 4.91. The van der Waals surface area contributed by atoms with Crippen LogP contribution in [0.4, 0.5) is 10.5 Å². The van der Waals surface area contributed by atoms with Crippen molar-refractivity contribution in [2.75, 3.05) is 18.4 Å². The molecule has 6 heteroatoms. The molecule has 0 radical (unpaired) electrons. The van der Waals surface area contributed by atoms with Crippen molar-refractivity contribution in [2.24, 2.45) is 0 Å². The van der Waals surface area contributed by atoms with Gasteiger partial charge in [-0.2, -0.15) is 0 Å². The number of likely N-dealkylation sites (tertiary alicyclic amines) is 1. The highest BCUT2D eigenvalue weighted by Crippen LogP contribution is 2.33. The molecule has 26 heavy (non-hydrogen) atoms. The number of benzene rings is 1. The van der Waals surface area contributed by atoms with Crippen LogP contribution in [0.5, 0.6) is 0 Å². The van der Waals surface area contributed by atoms with Gasteiger partial charge in [0.2, 0.25) is 0 Å². The number of hydrogen-bond donors (Lipinski definition) is 1. The molecule has 2 aromatic rings. The van der Waals surface area contributed by atoms with Crippen molar-refractivity contribution in [1.29, 1.82) is 0 Å². The lowest BCUT2D eigenvalue weighted by Gasteiger charge is -2.32. The topological polar surface area (TPSA) is 63.1 Å². The van der Waals surface area contributed by atoms with Crippen LogP contribution in [-0.2, 0) is 0 Å². The highest BCUT2D eigenvalue weighted by Gasteiger charge is 2.26. The summed E-state index contributed by atoms with van der Waals surface area (Å²) in [5.41, 5.74) is 3.12. The number of aromatic nitrogens is 3. The fourth-order valence-electron chi connectivity index (χ4n) is 4.12. The van der Waals surface area contributed by atoms with Gasteiger partial charge in [0.15, 0.2) is 0 Å². The third-order valence-corrected chi connectivity index (χ3v) is 5.81. The number of rotatable bonds is 3. The molecule has 1 saturated heterocycles. The van der Waals surface area contributed by atoms with Crippen LogP contribution in [0, 0.1) is 6.92 Å². The van der Waals surface area contributed by atoms with Crippen molar-refractivity contribution >= 4 is 11.7 Å². The van der Waals surface area contributed by atoms with Crippen LogP contribution in [0.15, 0.2) is 30.5 Å². The molecule has 1 aliphatic carbocycles. The summed E-state index contributed by atoms with van der Waals surface area (Å²) < 4.78 is 2.03. The molecule has 138 valence electrons. The van der Waals surface area contributed by atoms with Crippen molar-refractivity contribution in [3.05, 3.63) is 41.7 Å². The summed E-state index contributed by atoms with van der Waals surface area (Å²) in [6.45, 7) is 3.51. The van der Waals surface area contributed by atoms with E-state index in [-0.39, 0.29) is 6.03 Å². The summed E-state index contributed by atoms with van der Waals surface area (Å²) in [5, 5.41) is 11.8. The molecule has 2 heterocycles. The van der Waals surface area contributed by atoms with Crippen molar-refractivity contribution in [3.63, 3.8) is 0 Å². The van der Waals surface area contributed by atoms with E-state index in [0.717, 1.165) is 42.9 Å². The normalized spacial score (nSPS) is 19.0. The first-order valence-electron chi connectivity index (χ1n) is 9.74. The second-order valence-corrected chi connectivity index (χ2v) is 7.57. The number of nitrogens with zero attached hydrogens (tertiary/aromatic N) is 4. The van der Waals surface area contributed by atoms with E-state index in [1.54, 1.807) is 0 Å². The molecule has 2 amide bonds. The SMILES string of the molecule is Cc1ccccc1NC(=O)N1CCC(n2cc(C3CCCC3)nn2)CC1. The minimum absolute atomic E-state index is 0.0111. The number of hydrogen-bond acceptors (Lipinski definition) is 3. The zero-order valence-corrected chi connectivity index (χ0v) is 15.4. The number of urea groups is 1. The van der Waals surface area contributed by atoms with Crippen LogP contribution in [0.1, 0.15) is 61.7 Å². The number of carbonyl (C=O) groups is 1. The standard InChI is InChI=1S/C20H27N5O/c1-15-6-2-5-9-18(15)21-20(26)24-12-10-17(11-13-24)25-14-19(22-23-25)16-7-3-4-8-16/h2,5-6,9,14,16-17H,3-4,7-8,10-13H2,1H3,(H,21,26). The molecule has 0 atom stereocenters. The molecule has 6 nitrogen and oxygen atoms in total. The lowest BCUT2D eigenvalue weighted by Crippen LogP contribution is -2.41. The Morgan fingerprint density at radius 2 is 1.85 bits per heavy atom. The van der Waals surface area contributed by atoms with Crippen LogP contribution in [0.3, 0.4) is 0 Å². The number of para-hydroxylation sites is 1. The third-order valence-electron chi connectivity index (χ3n) is 5.81. The van der Waals surface area contributed by atoms with Gasteiger partial charge in [-0.1, -0.05) is 36.3 Å². The molecule has 1 N–H and O–H groups in total. The molecule has 1 aromatic heterocycles. The second kappa shape index (κ2) is 7.48. The number of amides is 2. The van der Waals surface area contributed by atoms with E-state index in [1.165, 1.54) is 25.7 Å². The molecule has 0 spiro atoms. The number of anilines is 1. The average Bonchev–Trinajstić information content (AvgIpc) is 3.35. The highest BCUT2D eigenvalue weighted by molar-refractivity contribution is 5.90. The maximum absolute atomic E-state index is 12.5. The van der Waals surface area contributed by atoms with Crippen LogP contribution >= 0.6 is 0 Å². The van der Waals surface area contributed by atoms with Crippen molar-refractivity contribution in [3.8, 4) is 0 Å². The molecule has 1 aromatic carbocycles. The highest BCUT2D eigenvalue weighted by atomic mass is 16.2. The van der Waals surface area contributed by atoms with Gasteiger partial charge in [0.25, 0.3) is 0 Å². The minimum atomic E-state index is -0.0111. The van der Waals surface area contributed by atoms with E-state index in [4.69, 9.17) is 0 Å². The van der Waals surface area contributed by atoms with Gasteiger partial charge in [0, 0.05) is 30.9 Å². The van der Waals surface area contributed by atoms with Gasteiger partial charge in [-0.25, -0.2) is 9.48 Å². The van der Waals surface area contributed by atoms with E-state index in [9.17, 15) is 4.79 Å². The largest absolute Gasteiger partial charge is 0.324 e. The molecule has 2 fully saturated rings. The first-order chi connectivity index (χ1) is 12.7. The van der Waals surface area contributed by atoms with Crippen LogP contribution < -0.4 is 5.32 Å². The quantitative estimate of drug-likeness (QED) is 0.903. The lowest BCUT2D eigenvalue weighted by atomic mass is 10.0. The summed E-state index contributed by atoms with van der Waals surface area (Å²) >= 11 is 0. The smallest absolute Gasteiger partial charge is 0.321 e. The first kappa shape index (κ1) is 17.1. The fourth-order valence-corrected chi connectivity index (χ4v) is 4.12. The van der Waals surface area contributed by atoms with Crippen LogP contribution in [0.25, 0.3) is 0 Å². The van der Waals surface area contributed by atoms with Gasteiger partial charge in [0.05, 0.1) is 11.7 Å². The van der Waals surface area contributed by atoms with E-state index < -0.39 is 0 Å². The Morgan fingerprint density at radius 3 is 2.58 bits per heavy atom. The molecule has 1 saturated carbocycles. The van der Waals surface area contributed by atoms with Gasteiger partial charge in [0.1, 0.15) is 0 Å². The summed E-state index contributed by atoms with van der Waals surface area (Å²) in [5.74, 6) is 0.601. The Hall–Kier alpha value is -2.37. The molecule has 2 aliphatic rings. The first-order valence-corrected chi connectivity index (χ1v) is 9.74. The number of aryl methyl sites for hydroxylation is 1. The van der Waals surface area contributed by atoms with Crippen LogP contribution in [0.2, 0.25) is 0 Å². The Bertz CT molecular complexity index is 757. The van der Waals surface area contributed by atoms with Gasteiger partial charge in [-0.3, -0.25) is 0 Å². The second-order valence-electron chi connectivity index (χ2n) is 7.57. The Morgan fingerprint density at radius 1 is 1.12 bits per heavy atom. The zero-order valence-electron chi connectivity index (χ0n) is 15.4. The molecular weight excluding hydrogens is 326 g/mol. The van der Waals surface area contributed by atoms with Gasteiger partial charge >= 0.3 is 6.03 Å². The molecule has 0 bridgehead atoms. The molecule has 0 unspecified atom stereocenters. The summed E-state index contributed by atoms with van der Waals surface area (Å²) in [6, 6.07) is 8.22. The number of nitrogens with one attached hydrogen (secondary N) is 1. The fraction of sp³-hybridized carbons (Fsp3) is 0.550. The minimum Gasteiger partial charge on any atom is -0.324 e. The van der Waals surface area contributed by atoms with Crippen LogP contribution in [-0.4, -0.2) is 39.0 Å². The van der Waals surface area contributed by atoms with Crippen molar-refractivity contribution < 1.29 is 4.79 Å². The summed E-state index contributed by atoms with van der Waals surface area (Å²) in [7, 11) is 0. The maximum atomic E-state index is 12.5. The number of carbonyl (C=O) groups excluding carboxylic acids is 1. The summed E-state index contributed by atoms with van der Waals surface area (Å²) in [4.78, 5) is 14.4. The summed E-state index contributed by atoms with van der Waals surface area (Å²) in [6.07, 6.45) is 9.11. The predicted molar refractivity (Wildman–Crippen MR) is 101 cm³/mol. The number of piperidine rings is 1. The molecule has 4 rings (SSSR count). The van der Waals surface area contributed by atoms with Crippen molar-refractivity contribution in [2.45, 2.75) is 57.4 Å². The van der Waals surface area contributed by atoms with E-state index in [2.05, 4.69) is 21.8 Å². The van der Waals surface area contributed by atoms with Gasteiger partial charge in [-0.05, 0) is 44.2 Å². The lowest BCUT2D eigenvalue weighted by molar-refractivity contribution is 0.179. The van der Waals surface area contributed by atoms with E-state index in [1.807, 2.05) is 40.8 Å². The van der Waals surface area contributed by atoms with Gasteiger partial charge in [-0.15, -0.1) is 5.10 Å².